The highest BCUT2D eigenvalue weighted by Gasteiger charge is 2.05. The van der Waals surface area contributed by atoms with Crippen LogP contribution in [0.5, 0.6) is 0 Å². The fourth-order valence-corrected chi connectivity index (χ4v) is 4.14. The van der Waals surface area contributed by atoms with Gasteiger partial charge in [-0.05, 0) is 25.7 Å². The lowest BCUT2D eigenvalue weighted by Crippen LogP contribution is -1.92. The van der Waals surface area contributed by atoms with Gasteiger partial charge in [0.05, 0.1) is 10.7 Å². The van der Waals surface area contributed by atoms with Crippen molar-refractivity contribution in [3.05, 3.63) is 27.2 Å². The summed E-state index contributed by atoms with van der Waals surface area (Å²) in [6, 6.07) is 0. The van der Waals surface area contributed by atoms with Crippen molar-refractivity contribution < 1.29 is 0 Å². The zero-order valence-corrected chi connectivity index (χ0v) is 13.4. The SMILES string of the molecule is Cc1csc(SCc2csc(CCC(C)C)n2)n1. The van der Waals surface area contributed by atoms with Gasteiger partial charge < -0.3 is 0 Å². The molecule has 2 aromatic rings. The monoisotopic (exact) mass is 298 g/mol. The molecule has 0 aliphatic carbocycles. The van der Waals surface area contributed by atoms with E-state index in [4.69, 9.17) is 0 Å². The van der Waals surface area contributed by atoms with Gasteiger partial charge in [0.25, 0.3) is 0 Å². The number of rotatable bonds is 6. The third-order valence-corrected chi connectivity index (χ3v) is 5.61. The number of thiazole rings is 2. The van der Waals surface area contributed by atoms with Crippen molar-refractivity contribution in [3.8, 4) is 0 Å². The summed E-state index contributed by atoms with van der Waals surface area (Å²) in [5.74, 6) is 1.69. The van der Waals surface area contributed by atoms with Crippen LogP contribution in [-0.2, 0) is 12.2 Å². The van der Waals surface area contributed by atoms with E-state index in [1.807, 2.05) is 6.92 Å². The minimum Gasteiger partial charge on any atom is -0.245 e. The van der Waals surface area contributed by atoms with Crippen LogP contribution in [0.15, 0.2) is 15.1 Å². The quantitative estimate of drug-likeness (QED) is 0.717. The van der Waals surface area contributed by atoms with Gasteiger partial charge in [-0.25, -0.2) is 9.97 Å². The van der Waals surface area contributed by atoms with Gasteiger partial charge >= 0.3 is 0 Å². The number of aromatic nitrogens is 2. The minimum absolute atomic E-state index is 0.755. The number of thioether (sulfide) groups is 1. The Hall–Kier alpha value is -0.390. The van der Waals surface area contributed by atoms with E-state index in [1.54, 1.807) is 34.4 Å². The molecule has 0 aliphatic heterocycles. The highest BCUT2D eigenvalue weighted by molar-refractivity contribution is 8.00. The van der Waals surface area contributed by atoms with Crippen LogP contribution in [0, 0.1) is 12.8 Å². The Morgan fingerprint density at radius 1 is 1.22 bits per heavy atom. The van der Waals surface area contributed by atoms with Gasteiger partial charge in [0.1, 0.15) is 4.34 Å². The lowest BCUT2D eigenvalue weighted by Gasteiger charge is -2.00. The first kappa shape index (κ1) is 14.0. The summed E-state index contributed by atoms with van der Waals surface area (Å²) >= 11 is 5.29. The van der Waals surface area contributed by atoms with Crippen LogP contribution >= 0.6 is 34.4 Å². The Balaban J connectivity index is 1.83. The summed E-state index contributed by atoms with van der Waals surface area (Å²) in [7, 11) is 0. The van der Waals surface area contributed by atoms with Crippen LogP contribution in [0.25, 0.3) is 0 Å². The van der Waals surface area contributed by atoms with Crippen molar-refractivity contribution in [3.63, 3.8) is 0 Å². The summed E-state index contributed by atoms with van der Waals surface area (Å²) in [5, 5.41) is 5.55. The molecule has 0 aromatic carbocycles. The molecule has 0 aliphatic rings. The normalized spacial score (nSPS) is 11.3. The second-order valence-electron chi connectivity index (χ2n) is 4.71. The molecule has 0 atom stereocenters. The van der Waals surface area contributed by atoms with Gasteiger partial charge in [-0.1, -0.05) is 25.6 Å². The Bertz CT molecular complexity index is 488. The van der Waals surface area contributed by atoms with E-state index in [2.05, 4.69) is 34.6 Å². The Kier molecular flexibility index (Phi) is 5.21. The van der Waals surface area contributed by atoms with E-state index >= 15 is 0 Å². The number of aryl methyl sites for hydroxylation is 2. The number of hydrogen-bond donors (Lipinski definition) is 0. The summed E-state index contributed by atoms with van der Waals surface area (Å²) in [6.45, 7) is 6.55. The molecule has 0 unspecified atom stereocenters. The van der Waals surface area contributed by atoms with Crippen LogP contribution in [-0.4, -0.2) is 9.97 Å². The van der Waals surface area contributed by atoms with Gasteiger partial charge in [0.15, 0.2) is 0 Å². The van der Waals surface area contributed by atoms with E-state index in [1.165, 1.54) is 17.1 Å². The molecule has 2 nitrogen and oxygen atoms in total. The molecule has 2 aromatic heterocycles. The smallest absolute Gasteiger partial charge is 0.150 e. The van der Waals surface area contributed by atoms with Gasteiger partial charge in [-0.3, -0.25) is 0 Å². The summed E-state index contributed by atoms with van der Waals surface area (Å²) in [4.78, 5) is 9.13. The standard InChI is InChI=1S/C13H18N2S3/c1-9(2)4-5-12-15-11(7-16-12)8-18-13-14-10(3)6-17-13/h6-7,9H,4-5,8H2,1-3H3. The highest BCUT2D eigenvalue weighted by Crippen LogP contribution is 2.26. The minimum atomic E-state index is 0.755. The topological polar surface area (TPSA) is 25.8 Å². The first-order valence-corrected chi connectivity index (χ1v) is 8.86. The average Bonchev–Trinajstić information content (AvgIpc) is 2.93. The Morgan fingerprint density at radius 2 is 2.06 bits per heavy atom. The number of hydrogen-bond acceptors (Lipinski definition) is 5. The zero-order valence-electron chi connectivity index (χ0n) is 11.0. The third-order valence-electron chi connectivity index (χ3n) is 2.48. The lowest BCUT2D eigenvalue weighted by molar-refractivity contribution is 0.585. The second-order valence-corrected chi connectivity index (χ2v) is 7.73. The van der Waals surface area contributed by atoms with E-state index in [9.17, 15) is 0 Å². The van der Waals surface area contributed by atoms with Gasteiger partial charge in [-0.2, -0.15) is 0 Å². The maximum absolute atomic E-state index is 4.68. The molecule has 98 valence electrons. The third kappa shape index (κ3) is 4.37. The van der Waals surface area contributed by atoms with Crippen LogP contribution in [0.3, 0.4) is 0 Å². The van der Waals surface area contributed by atoms with Crippen LogP contribution < -0.4 is 0 Å². The summed E-state index contributed by atoms with van der Waals surface area (Å²) in [5.41, 5.74) is 2.30. The largest absolute Gasteiger partial charge is 0.245 e. The molecule has 0 saturated heterocycles. The van der Waals surface area contributed by atoms with E-state index in [0.29, 0.717) is 0 Å². The molecule has 5 heteroatoms. The second kappa shape index (κ2) is 6.68. The predicted octanol–water partition coefficient (Wildman–Crippen LogP) is 4.79. The molecular weight excluding hydrogens is 280 g/mol. The fourth-order valence-electron chi connectivity index (χ4n) is 1.48. The maximum Gasteiger partial charge on any atom is 0.150 e. The van der Waals surface area contributed by atoms with Crippen molar-refractivity contribution in [1.82, 2.24) is 9.97 Å². The molecule has 2 heterocycles. The first-order chi connectivity index (χ1) is 8.63. The van der Waals surface area contributed by atoms with Crippen molar-refractivity contribution in [2.75, 3.05) is 0 Å². The van der Waals surface area contributed by atoms with Gasteiger partial charge in [0, 0.05) is 22.2 Å². The summed E-state index contributed by atoms with van der Waals surface area (Å²) < 4.78 is 1.14. The molecule has 2 rings (SSSR count). The van der Waals surface area contributed by atoms with Crippen LogP contribution in [0.1, 0.15) is 36.7 Å². The van der Waals surface area contributed by atoms with Gasteiger partial charge in [0.2, 0.25) is 0 Å². The summed E-state index contributed by atoms with van der Waals surface area (Å²) in [6.07, 6.45) is 2.34. The molecule has 0 amide bonds. The van der Waals surface area contributed by atoms with Crippen molar-refractivity contribution in [2.45, 2.75) is 43.7 Å². The molecule has 0 radical (unpaired) electrons. The van der Waals surface area contributed by atoms with Crippen molar-refractivity contribution >= 4 is 34.4 Å². The molecule has 0 spiro atoms. The molecule has 0 bridgehead atoms. The molecular formula is C13H18N2S3. The number of nitrogens with zero attached hydrogens (tertiary/aromatic N) is 2. The Morgan fingerprint density at radius 3 is 2.72 bits per heavy atom. The Labute approximate surface area is 121 Å². The van der Waals surface area contributed by atoms with E-state index < -0.39 is 0 Å². The van der Waals surface area contributed by atoms with Gasteiger partial charge in [-0.15, -0.1) is 22.7 Å². The fraction of sp³-hybridized carbons (Fsp3) is 0.538. The maximum atomic E-state index is 4.68. The highest BCUT2D eigenvalue weighted by atomic mass is 32.2. The van der Waals surface area contributed by atoms with Crippen molar-refractivity contribution in [1.29, 1.82) is 0 Å². The predicted molar refractivity (Wildman–Crippen MR) is 81.7 cm³/mol. The molecule has 18 heavy (non-hydrogen) atoms. The van der Waals surface area contributed by atoms with Crippen LogP contribution in [0.2, 0.25) is 0 Å². The first-order valence-electron chi connectivity index (χ1n) is 6.11. The molecule has 0 fully saturated rings. The zero-order chi connectivity index (χ0) is 13.0. The van der Waals surface area contributed by atoms with Crippen LogP contribution in [0.4, 0.5) is 0 Å². The van der Waals surface area contributed by atoms with E-state index in [-0.39, 0.29) is 0 Å². The average molecular weight is 299 g/mol. The lowest BCUT2D eigenvalue weighted by atomic mass is 10.1. The molecule has 0 saturated carbocycles. The van der Waals surface area contributed by atoms with E-state index in [0.717, 1.165) is 28.1 Å². The van der Waals surface area contributed by atoms with Crippen molar-refractivity contribution in [2.24, 2.45) is 5.92 Å². The molecule has 0 N–H and O–H groups in total.